The largest absolute Gasteiger partial charge is 0.497 e. The van der Waals surface area contributed by atoms with E-state index < -0.39 is 11.6 Å². The molecule has 7 nitrogen and oxygen atoms in total. The Hall–Kier alpha value is -3.20. The molecule has 0 fully saturated rings. The van der Waals surface area contributed by atoms with Crippen LogP contribution in [0.5, 0.6) is 5.75 Å². The van der Waals surface area contributed by atoms with E-state index in [4.69, 9.17) is 4.74 Å². The van der Waals surface area contributed by atoms with E-state index in [9.17, 15) is 13.6 Å². The van der Waals surface area contributed by atoms with Crippen molar-refractivity contribution in [3.05, 3.63) is 69.7 Å². The summed E-state index contributed by atoms with van der Waals surface area (Å²) in [6.07, 6.45) is 4.95. The van der Waals surface area contributed by atoms with Gasteiger partial charge < -0.3 is 9.72 Å². The van der Waals surface area contributed by atoms with E-state index >= 15 is 0 Å². The third-order valence-electron chi connectivity index (χ3n) is 4.72. The second-order valence-electron chi connectivity index (χ2n) is 6.50. The van der Waals surface area contributed by atoms with Crippen LogP contribution in [0.25, 0.3) is 11.4 Å². The van der Waals surface area contributed by atoms with Crippen molar-refractivity contribution in [1.29, 1.82) is 0 Å². The first-order chi connectivity index (χ1) is 13.5. The van der Waals surface area contributed by atoms with Crippen LogP contribution in [-0.4, -0.2) is 38.5 Å². The highest BCUT2D eigenvalue weighted by Crippen LogP contribution is 2.24. The maximum atomic E-state index is 14.3. The maximum absolute atomic E-state index is 14.3. The molecule has 1 N–H and O–H groups in total. The van der Waals surface area contributed by atoms with Gasteiger partial charge in [0.1, 0.15) is 29.5 Å². The van der Waals surface area contributed by atoms with Crippen molar-refractivity contribution in [2.45, 2.75) is 19.5 Å². The Bertz CT molecular complexity index is 1050. The molecular formula is C19H17F2N5O2. The van der Waals surface area contributed by atoms with Gasteiger partial charge in [-0.15, -0.1) is 0 Å². The highest BCUT2D eigenvalue weighted by molar-refractivity contribution is 5.52. The average Bonchev–Trinajstić information content (AvgIpc) is 2.71. The number of methoxy groups -OCH3 is 1. The molecule has 4 rings (SSSR count). The molecule has 0 atom stereocenters. The SMILES string of the molecule is COc1cc(F)c(CN2CCc3c(nc(-c4cncnc4)[nH]c3=O)C2)c(F)c1. The number of hydrogen-bond acceptors (Lipinski definition) is 6. The second-order valence-corrected chi connectivity index (χ2v) is 6.50. The molecule has 0 unspecified atom stereocenters. The lowest BCUT2D eigenvalue weighted by molar-refractivity contribution is 0.233. The molecule has 0 aliphatic carbocycles. The smallest absolute Gasteiger partial charge is 0.254 e. The minimum absolute atomic E-state index is 0.0363. The summed E-state index contributed by atoms with van der Waals surface area (Å²) < 4.78 is 33.4. The first kappa shape index (κ1) is 18.2. The molecule has 3 heterocycles. The molecule has 9 heteroatoms. The zero-order valence-corrected chi connectivity index (χ0v) is 15.1. The Kier molecular flexibility index (Phi) is 4.82. The Morgan fingerprint density at radius 2 is 1.93 bits per heavy atom. The third-order valence-corrected chi connectivity index (χ3v) is 4.72. The van der Waals surface area contributed by atoms with Gasteiger partial charge in [-0.3, -0.25) is 9.69 Å². The Labute approximate surface area is 159 Å². The number of rotatable bonds is 4. The Balaban J connectivity index is 1.61. The zero-order chi connectivity index (χ0) is 19.7. The normalized spacial score (nSPS) is 14.0. The van der Waals surface area contributed by atoms with Crippen LogP contribution in [0.1, 0.15) is 16.8 Å². The summed E-state index contributed by atoms with van der Waals surface area (Å²) in [6.45, 7) is 0.876. The number of aromatic nitrogens is 4. The molecule has 0 radical (unpaired) electrons. The van der Waals surface area contributed by atoms with E-state index in [0.717, 1.165) is 12.1 Å². The monoisotopic (exact) mass is 385 g/mol. The molecule has 1 aliphatic heterocycles. The molecule has 0 saturated heterocycles. The number of fused-ring (bicyclic) bond motifs is 1. The van der Waals surface area contributed by atoms with Gasteiger partial charge in [0, 0.05) is 55.3 Å². The van der Waals surface area contributed by atoms with Crippen molar-refractivity contribution in [3.63, 3.8) is 0 Å². The van der Waals surface area contributed by atoms with Crippen LogP contribution in [-0.2, 0) is 19.5 Å². The lowest BCUT2D eigenvalue weighted by atomic mass is 10.0. The van der Waals surface area contributed by atoms with Gasteiger partial charge in [-0.1, -0.05) is 0 Å². The van der Waals surface area contributed by atoms with Gasteiger partial charge >= 0.3 is 0 Å². The summed E-state index contributed by atoms with van der Waals surface area (Å²) in [6, 6.07) is 2.32. The Morgan fingerprint density at radius 1 is 1.21 bits per heavy atom. The molecule has 1 aliphatic rings. The van der Waals surface area contributed by atoms with Gasteiger partial charge in [-0.25, -0.2) is 23.7 Å². The summed E-state index contributed by atoms with van der Waals surface area (Å²) in [5.41, 5.74) is 1.51. The molecule has 144 valence electrons. The highest BCUT2D eigenvalue weighted by atomic mass is 19.1. The summed E-state index contributed by atoms with van der Waals surface area (Å²) in [5.74, 6) is -0.828. The fourth-order valence-corrected chi connectivity index (χ4v) is 3.26. The van der Waals surface area contributed by atoms with Gasteiger partial charge in [0.25, 0.3) is 5.56 Å². The number of H-pyrrole nitrogens is 1. The van der Waals surface area contributed by atoms with Crippen LogP contribution in [0.4, 0.5) is 8.78 Å². The van der Waals surface area contributed by atoms with Crippen LogP contribution in [0.15, 0.2) is 35.6 Å². The Morgan fingerprint density at radius 3 is 2.61 bits per heavy atom. The van der Waals surface area contributed by atoms with Crippen molar-refractivity contribution in [3.8, 4) is 17.1 Å². The van der Waals surface area contributed by atoms with E-state index in [1.807, 2.05) is 4.90 Å². The first-order valence-electron chi connectivity index (χ1n) is 8.67. The van der Waals surface area contributed by atoms with E-state index in [2.05, 4.69) is 19.9 Å². The quantitative estimate of drug-likeness (QED) is 0.740. The number of hydrogen-bond donors (Lipinski definition) is 1. The fraction of sp³-hybridized carbons (Fsp3) is 0.263. The summed E-state index contributed by atoms with van der Waals surface area (Å²) >= 11 is 0. The van der Waals surface area contributed by atoms with E-state index in [1.54, 1.807) is 12.4 Å². The van der Waals surface area contributed by atoms with E-state index in [1.165, 1.54) is 13.4 Å². The molecule has 0 amide bonds. The van der Waals surface area contributed by atoms with Gasteiger partial charge in [0.15, 0.2) is 0 Å². The van der Waals surface area contributed by atoms with Crippen molar-refractivity contribution < 1.29 is 13.5 Å². The van der Waals surface area contributed by atoms with Crippen LogP contribution < -0.4 is 10.3 Å². The topological polar surface area (TPSA) is 84.0 Å². The lowest BCUT2D eigenvalue weighted by Gasteiger charge is -2.28. The summed E-state index contributed by atoms with van der Waals surface area (Å²) in [4.78, 5) is 29.4. The van der Waals surface area contributed by atoms with E-state index in [0.29, 0.717) is 42.2 Å². The van der Waals surface area contributed by atoms with Gasteiger partial charge in [-0.2, -0.15) is 0 Å². The minimum Gasteiger partial charge on any atom is -0.497 e. The molecule has 2 aromatic heterocycles. The predicted octanol–water partition coefficient (Wildman–Crippen LogP) is 2.07. The molecule has 1 aromatic carbocycles. The highest BCUT2D eigenvalue weighted by Gasteiger charge is 2.23. The zero-order valence-electron chi connectivity index (χ0n) is 15.1. The summed E-state index contributed by atoms with van der Waals surface area (Å²) in [7, 11) is 1.36. The third kappa shape index (κ3) is 3.48. The molecule has 0 saturated carbocycles. The average molecular weight is 385 g/mol. The van der Waals surface area contributed by atoms with Crippen LogP contribution >= 0.6 is 0 Å². The molecular weight excluding hydrogens is 368 g/mol. The predicted molar refractivity (Wildman–Crippen MR) is 96.6 cm³/mol. The standard InChI is InChI=1S/C19H17F2N5O2/c1-28-12-4-15(20)14(16(21)5-12)8-26-3-2-13-17(9-26)24-18(25-19(13)27)11-6-22-10-23-7-11/h4-7,10H,2-3,8-9H2,1H3,(H,24,25,27). The lowest BCUT2D eigenvalue weighted by Crippen LogP contribution is -2.35. The van der Waals surface area contributed by atoms with Gasteiger partial charge in [-0.05, 0) is 6.42 Å². The van der Waals surface area contributed by atoms with Crippen LogP contribution in [0.3, 0.4) is 0 Å². The van der Waals surface area contributed by atoms with Gasteiger partial charge in [0.2, 0.25) is 0 Å². The number of nitrogens with zero attached hydrogens (tertiary/aromatic N) is 4. The van der Waals surface area contributed by atoms with Crippen molar-refractivity contribution >= 4 is 0 Å². The van der Waals surface area contributed by atoms with Crippen LogP contribution in [0, 0.1) is 11.6 Å². The first-order valence-corrected chi connectivity index (χ1v) is 8.67. The molecule has 28 heavy (non-hydrogen) atoms. The second kappa shape index (κ2) is 7.43. The van der Waals surface area contributed by atoms with Crippen LogP contribution in [0.2, 0.25) is 0 Å². The molecule has 0 spiro atoms. The van der Waals surface area contributed by atoms with Gasteiger partial charge in [0.05, 0.1) is 18.4 Å². The number of benzene rings is 1. The minimum atomic E-state index is -0.663. The number of halogens is 2. The number of ether oxygens (including phenoxy) is 1. The van der Waals surface area contributed by atoms with Crippen molar-refractivity contribution in [1.82, 2.24) is 24.8 Å². The maximum Gasteiger partial charge on any atom is 0.254 e. The molecule has 0 bridgehead atoms. The van der Waals surface area contributed by atoms with E-state index in [-0.39, 0.29) is 23.4 Å². The molecule has 3 aromatic rings. The summed E-state index contributed by atoms with van der Waals surface area (Å²) in [5, 5.41) is 0. The van der Waals surface area contributed by atoms with Crippen molar-refractivity contribution in [2.75, 3.05) is 13.7 Å². The van der Waals surface area contributed by atoms with Crippen molar-refractivity contribution in [2.24, 2.45) is 0 Å². The number of nitrogens with one attached hydrogen (secondary N) is 1. The fourth-order valence-electron chi connectivity index (χ4n) is 3.26. The number of aromatic amines is 1.